The Hall–Kier alpha value is -2.88. The van der Waals surface area contributed by atoms with Gasteiger partial charge in [-0.2, -0.15) is 0 Å². The van der Waals surface area contributed by atoms with Gasteiger partial charge in [-0.1, -0.05) is 78.9 Å². The fourth-order valence-electron chi connectivity index (χ4n) is 4.57. The zero-order chi connectivity index (χ0) is 19.5. The van der Waals surface area contributed by atoms with E-state index in [0.717, 1.165) is 32.7 Å². The molecule has 5 rings (SSSR count). The zero-order valence-electron chi connectivity index (χ0n) is 16.7. The van der Waals surface area contributed by atoms with E-state index in [-0.39, 0.29) is 0 Å². The summed E-state index contributed by atoms with van der Waals surface area (Å²) in [6.07, 6.45) is 2.17. The molecule has 3 heteroatoms. The molecule has 1 aromatic heterocycles. The van der Waals surface area contributed by atoms with Crippen molar-refractivity contribution in [2.24, 2.45) is 0 Å². The van der Waals surface area contributed by atoms with Crippen LogP contribution in [0.15, 0.2) is 91.1 Å². The molecule has 0 aliphatic carbocycles. The molecule has 0 saturated carbocycles. The van der Waals surface area contributed by atoms with Crippen LogP contribution in [-0.2, 0) is 6.54 Å². The molecule has 1 saturated heterocycles. The fourth-order valence-corrected chi connectivity index (χ4v) is 4.57. The molecule has 0 unspecified atom stereocenters. The molecule has 1 aliphatic heterocycles. The fraction of sp³-hybridized carbons (Fsp3) is 0.231. The van der Waals surface area contributed by atoms with E-state index in [4.69, 9.17) is 0 Å². The molecule has 0 spiro atoms. The second-order valence-corrected chi connectivity index (χ2v) is 7.90. The van der Waals surface area contributed by atoms with Gasteiger partial charge in [0.1, 0.15) is 0 Å². The minimum absolute atomic E-state index is 0.327. The minimum Gasteiger partial charge on any atom is -0.361 e. The van der Waals surface area contributed by atoms with E-state index in [1.165, 1.54) is 27.6 Å². The molecular weight excluding hydrogens is 354 g/mol. The van der Waals surface area contributed by atoms with Crippen LogP contribution in [0.4, 0.5) is 0 Å². The summed E-state index contributed by atoms with van der Waals surface area (Å²) in [5, 5.41) is 1.35. The van der Waals surface area contributed by atoms with Gasteiger partial charge in [0.25, 0.3) is 0 Å². The number of aromatic amines is 1. The van der Waals surface area contributed by atoms with Crippen molar-refractivity contribution in [3.8, 4) is 0 Å². The van der Waals surface area contributed by atoms with Crippen molar-refractivity contribution in [1.82, 2.24) is 14.8 Å². The third kappa shape index (κ3) is 3.84. The van der Waals surface area contributed by atoms with Crippen molar-refractivity contribution in [3.63, 3.8) is 0 Å². The zero-order valence-corrected chi connectivity index (χ0v) is 16.7. The van der Waals surface area contributed by atoms with Gasteiger partial charge in [0, 0.05) is 49.8 Å². The normalized spacial score (nSPS) is 15.9. The van der Waals surface area contributed by atoms with Crippen molar-refractivity contribution >= 4 is 10.9 Å². The van der Waals surface area contributed by atoms with Gasteiger partial charge in [-0.25, -0.2) is 0 Å². The first-order valence-corrected chi connectivity index (χ1v) is 10.5. The molecule has 0 atom stereocenters. The quantitative estimate of drug-likeness (QED) is 0.521. The van der Waals surface area contributed by atoms with Crippen LogP contribution >= 0.6 is 0 Å². The molecule has 1 N–H and O–H groups in total. The van der Waals surface area contributed by atoms with Gasteiger partial charge in [-0.3, -0.25) is 9.80 Å². The molecule has 3 nitrogen and oxygen atoms in total. The predicted molar refractivity (Wildman–Crippen MR) is 120 cm³/mol. The van der Waals surface area contributed by atoms with Crippen molar-refractivity contribution in [3.05, 3.63) is 108 Å². The average Bonchev–Trinajstić information content (AvgIpc) is 3.20. The summed E-state index contributed by atoms with van der Waals surface area (Å²) in [5.74, 6) is 0. The second-order valence-electron chi connectivity index (χ2n) is 7.90. The second kappa shape index (κ2) is 8.24. The lowest BCUT2D eigenvalue weighted by Gasteiger charge is -2.39. The maximum atomic E-state index is 3.41. The Morgan fingerprint density at radius 1 is 0.690 bits per heavy atom. The Morgan fingerprint density at radius 2 is 1.28 bits per heavy atom. The summed E-state index contributed by atoms with van der Waals surface area (Å²) in [5.41, 5.74) is 5.39. The van der Waals surface area contributed by atoms with Crippen molar-refractivity contribution in [1.29, 1.82) is 0 Å². The summed E-state index contributed by atoms with van der Waals surface area (Å²) in [6, 6.07) is 30.8. The first-order valence-electron chi connectivity index (χ1n) is 10.5. The summed E-state index contributed by atoms with van der Waals surface area (Å²) in [6.45, 7) is 5.36. The highest BCUT2D eigenvalue weighted by Crippen LogP contribution is 2.30. The molecule has 3 aromatic carbocycles. The lowest BCUT2D eigenvalue weighted by atomic mass is 9.96. The maximum Gasteiger partial charge on any atom is 0.0602 e. The number of rotatable bonds is 5. The predicted octanol–water partition coefficient (Wildman–Crippen LogP) is 5.08. The summed E-state index contributed by atoms with van der Waals surface area (Å²) in [4.78, 5) is 8.63. The Morgan fingerprint density at radius 3 is 1.93 bits per heavy atom. The van der Waals surface area contributed by atoms with Crippen LogP contribution < -0.4 is 0 Å². The van der Waals surface area contributed by atoms with Gasteiger partial charge < -0.3 is 4.98 Å². The maximum absolute atomic E-state index is 3.41. The van der Waals surface area contributed by atoms with E-state index in [0.29, 0.717) is 6.04 Å². The summed E-state index contributed by atoms with van der Waals surface area (Å²) in [7, 11) is 0. The molecule has 0 radical (unpaired) electrons. The Labute approximate surface area is 172 Å². The third-order valence-electron chi connectivity index (χ3n) is 6.07. The number of hydrogen-bond donors (Lipinski definition) is 1. The first-order chi connectivity index (χ1) is 14.4. The van der Waals surface area contributed by atoms with Crippen molar-refractivity contribution in [2.45, 2.75) is 12.6 Å². The van der Waals surface area contributed by atoms with Gasteiger partial charge >= 0.3 is 0 Å². The highest BCUT2D eigenvalue weighted by atomic mass is 15.3. The number of benzene rings is 3. The largest absolute Gasteiger partial charge is 0.361 e. The minimum atomic E-state index is 0.327. The van der Waals surface area contributed by atoms with Gasteiger partial charge in [0.2, 0.25) is 0 Å². The molecule has 29 heavy (non-hydrogen) atoms. The van der Waals surface area contributed by atoms with Crippen LogP contribution in [0.3, 0.4) is 0 Å². The van der Waals surface area contributed by atoms with E-state index < -0.39 is 0 Å². The van der Waals surface area contributed by atoms with Gasteiger partial charge in [0.15, 0.2) is 0 Å². The monoisotopic (exact) mass is 381 g/mol. The topological polar surface area (TPSA) is 22.3 Å². The summed E-state index contributed by atoms with van der Waals surface area (Å²) >= 11 is 0. The molecule has 0 bridgehead atoms. The smallest absolute Gasteiger partial charge is 0.0602 e. The Bertz CT molecular complexity index is 1010. The van der Waals surface area contributed by atoms with Crippen LogP contribution in [-0.4, -0.2) is 41.0 Å². The molecule has 1 aliphatic rings. The SMILES string of the molecule is c1ccc(C(c2ccccc2)N2CCN(Cc3c[nH]c4ccccc34)CC2)cc1. The lowest BCUT2D eigenvalue weighted by Crippen LogP contribution is -2.47. The van der Waals surface area contributed by atoms with E-state index in [1.54, 1.807) is 0 Å². The number of hydrogen-bond acceptors (Lipinski definition) is 2. The highest BCUT2D eigenvalue weighted by molar-refractivity contribution is 5.82. The van der Waals surface area contributed by atoms with Crippen LogP contribution in [0.5, 0.6) is 0 Å². The standard InChI is InChI=1S/C26H27N3/c1-3-9-21(10-4-1)26(22-11-5-2-6-12-22)29-17-15-28(16-18-29)20-23-19-27-25-14-8-7-13-24(23)25/h1-14,19,26-27H,15-18,20H2. The Kier molecular flexibility index (Phi) is 5.16. The van der Waals surface area contributed by atoms with Crippen molar-refractivity contribution in [2.75, 3.05) is 26.2 Å². The number of aromatic nitrogens is 1. The van der Waals surface area contributed by atoms with Gasteiger partial charge in [-0.05, 0) is 22.8 Å². The molecule has 1 fully saturated rings. The summed E-state index contributed by atoms with van der Waals surface area (Å²) < 4.78 is 0. The number of nitrogens with zero attached hydrogens (tertiary/aromatic N) is 2. The van der Waals surface area contributed by atoms with E-state index in [2.05, 4.69) is 106 Å². The van der Waals surface area contributed by atoms with Crippen LogP contribution in [0.25, 0.3) is 10.9 Å². The number of fused-ring (bicyclic) bond motifs is 1. The van der Waals surface area contributed by atoms with Gasteiger partial charge in [-0.15, -0.1) is 0 Å². The number of nitrogens with one attached hydrogen (secondary N) is 1. The molecule has 0 amide bonds. The van der Waals surface area contributed by atoms with Crippen LogP contribution in [0.1, 0.15) is 22.7 Å². The number of para-hydroxylation sites is 1. The number of H-pyrrole nitrogens is 1. The first kappa shape index (κ1) is 18.2. The van der Waals surface area contributed by atoms with Crippen molar-refractivity contribution < 1.29 is 0 Å². The van der Waals surface area contributed by atoms with Crippen LogP contribution in [0.2, 0.25) is 0 Å². The van der Waals surface area contributed by atoms with E-state index in [9.17, 15) is 0 Å². The molecule has 2 heterocycles. The van der Waals surface area contributed by atoms with E-state index >= 15 is 0 Å². The van der Waals surface area contributed by atoms with Crippen LogP contribution in [0, 0.1) is 0 Å². The van der Waals surface area contributed by atoms with Gasteiger partial charge in [0.05, 0.1) is 6.04 Å². The number of piperazine rings is 1. The molecule has 146 valence electrons. The Balaban J connectivity index is 1.31. The molecule has 4 aromatic rings. The average molecular weight is 382 g/mol. The lowest BCUT2D eigenvalue weighted by molar-refractivity contribution is 0.105. The molecular formula is C26H27N3. The van der Waals surface area contributed by atoms with E-state index in [1.807, 2.05) is 0 Å². The highest BCUT2D eigenvalue weighted by Gasteiger charge is 2.26. The third-order valence-corrected chi connectivity index (χ3v) is 6.07.